The lowest BCUT2D eigenvalue weighted by Crippen LogP contribution is -2.71. The number of aromatic amines is 2. The molecule has 334 valence electrons. The van der Waals surface area contributed by atoms with Crippen LogP contribution in [0.3, 0.4) is 0 Å². The number of aliphatic hydroxyl groups is 1. The second-order valence-corrected chi connectivity index (χ2v) is 20.3. The zero-order chi connectivity index (χ0) is 44.4. The summed E-state index contributed by atoms with van der Waals surface area (Å²) in [5.41, 5.74) is 5.81. The number of aromatic nitrogens is 2. The number of ether oxygens (including phenoxy) is 1. The van der Waals surface area contributed by atoms with Crippen LogP contribution in [0.4, 0.5) is 0 Å². The van der Waals surface area contributed by atoms with Gasteiger partial charge < -0.3 is 35.1 Å². The van der Waals surface area contributed by atoms with Crippen molar-refractivity contribution in [3.05, 3.63) is 107 Å². The molecular weight excluding hydrogens is 821 g/mol. The summed E-state index contributed by atoms with van der Waals surface area (Å²) >= 11 is 0. The molecule has 3 aromatic carbocycles. The molecule has 10 rings (SSSR count). The van der Waals surface area contributed by atoms with Gasteiger partial charge in [0.2, 0.25) is 27.6 Å². The average molecular weight is 879 g/mol. The minimum Gasteiger partial charge on any atom is -0.361 e. The molecule has 0 bridgehead atoms. The number of piperidine rings is 1. The van der Waals surface area contributed by atoms with Gasteiger partial charge in [0.05, 0.1) is 11.7 Å². The van der Waals surface area contributed by atoms with Crippen LogP contribution in [0.1, 0.15) is 59.9 Å². The van der Waals surface area contributed by atoms with Gasteiger partial charge in [-0.15, -0.1) is 0 Å². The van der Waals surface area contributed by atoms with Gasteiger partial charge in [-0.25, -0.2) is 13.1 Å². The van der Waals surface area contributed by atoms with E-state index >= 15 is 0 Å². The summed E-state index contributed by atoms with van der Waals surface area (Å²) in [5.74, 6) is -3.30. The third-order valence-electron chi connectivity index (χ3n) is 14.0. The summed E-state index contributed by atoms with van der Waals surface area (Å²) in [6, 6.07) is 20.2. The predicted octanol–water partition coefficient (Wildman–Crippen LogP) is 3.40. The third-order valence-corrected chi connectivity index (χ3v) is 15.3. The summed E-state index contributed by atoms with van der Waals surface area (Å²) in [7, 11) is 4.35. The fourth-order valence-electron chi connectivity index (χ4n) is 10.8. The highest BCUT2D eigenvalue weighted by Crippen LogP contribution is 2.47. The molecule has 63 heavy (non-hydrogen) atoms. The van der Waals surface area contributed by atoms with Crippen molar-refractivity contribution >= 4 is 49.6 Å². The fraction of sp³-hybridized carbons (Fsp3) is 0.468. The Kier molecular flexibility index (Phi) is 11.3. The molecule has 7 atom stereocenters. The average Bonchev–Trinajstić information content (AvgIpc) is 4.05. The Morgan fingerprint density at radius 1 is 1.02 bits per heavy atom. The summed E-state index contributed by atoms with van der Waals surface area (Å²) < 4.78 is 31.8. The van der Waals surface area contributed by atoms with E-state index in [1.165, 1.54) is 40.9 Å². The Hall–Kier alpha value is -5.10. The van der Waals surface area contributed by atoms with Gasteiger partial charge in [0, 0.05) is 72.2 Å². The molecule has 6 heterocycles. The highest BCUT2D eigenvalue weighted by Gasteiger charge is 2.70. The molecule has 3 amide bonds. The number of fused-ring (bicyclic) bond motifs is 6. The minimum absolute atomic E-state index is 0.0116. The first kappa shape index (κ1) is 43.2. The van der Waals surface area contributed by atoms with Gasteiger partial charge in [-0.2, -0.15) is 0 Å². The Bertz CT molecular complexity index is 2670. The minimum atomic E-state index is -3.23. The number of carbonyl (C=O) groups is 3. The van der Waals surface area contributed by atoms with Gasteiger partial charge in [0.1, 0.15) is 12.1 Å². The number of carbonyl (C=O) groups excluding carboxylic acids is 3. The van der Waals surface area contributed by atoms with Crippen LogP contribution in [0.5, 0.6) is 0 Å². The number of H-pyrrole nitrogens is 2. The molecule has 0 spiro atoms. The van der Waals surface area contributed by atoms with E-state index in [4.69, 9.17) is 4.74 Å². The van der Waals surface area contributed by atoms with Crippen LogP contribution in [0.15, 0.2) is 79.1 Å². The topological polar surface area (TPSA) is 183 Å². The SMILES string of the molecule is CN1C[C@H](C(=O)N[C@]2(C)O[C@@]3(O)[C@@H]4CCCN4C(=O)[C@H](Cc4ccccc4)N3C2=O)C[C@@H]2c3cccc4[nH]cc(c34)C[C@H]21.CNS(=O)(=O)Cc1ccc2[nH]cc(CCN(C)C)c2c1. The standard InChI is InChI=1S/C33H37N5O5.C14H21N3O2S/c1-32(35-29(39)21-15-23-22-10-6-11-24-28(22)20(17-34-24)16-25(23)36(2)18-21)31(41)38-26(14-19-8-4-3-5-9-19)30(40)37-13-7-12-27(37)33(38,42)43-32;1-15-20(18,19)10-11-4-5-14-13(8-11)12(9-16-14)6-7-17(2)3/h3-6,8-11,17,21,23,25-27,34,42H,7,12-16,18H2,1-2H3,(H,35,39);4-5,8-9,15-16H,6-7,10H2,1-3H3/t21-,23-,25-,26+,27+,32-,33+;/m1./s1. The second kappa shape index (κ2) is 16.5. The van der Waals surface area contributed by atoms with Gasteiger partial charge in [-0.3, -0.25) is 24.0 Å². The van der Waals surface area contributed by atoms with Crippen LogP contribution in [0.2, 0.25) is 0 Å². The zero-order valence-corrected chi connectivity index (χ0v) is 37.4. The maximum atomic E-state index is 14.2. The number of likely N-dealkylation sites (N-methyl/N-ethyl adjacent to an activating group) is 2. The van der Waals surface area contributed by atoms with E-state index in [2.05, 4.69) is 61.3 Å². The van der Waals surface area contributed by atoms with Crippen LogP contribution in [-0.2, 0) is 54.2 Å². The maximum Gasteiger partial charge on any atom is 0.280 e. The van der Waals surface area contributed by atoms with Crippen LogP contribution in [0.25, 0.3) is 21.8 Å². The molecular formula is C47H58N8O7S. The number of hydrogen-bond acceptors (Lipinski definition) is 9. The maximum absolute atomic E-state index is 14.2. The Morgan fingerprint density at radius 2 is 1.79 bits per heavy atom. The van der Waals surface area contributed by atoms with E-state index in [1.807, 2.05) is 68.8 Å². The van der Waals surface area contributed by atoms with Crippen molar-refractivity contribution in [2.45, 2.75) is 86.9 Å². The lowest BCUT2D eigenvalue weighted by molar-refractivity contribution is -0.315. The fourth-order valence-corrected chi connectivity index (χ4v) is 11.6. The quantitative estimate of drug-likeness (QED) is 0.141. The van der Waals surface area contributed by atoms with Crippen LogP contribution >= 0.6 is 0 Å². The van der Waals surface area contributed by atoms with E-state index in [9.17, 15) is 27.9 Å². The Morgan fingerprint density at radius 3 is 2.56 bits per heavy atom. The number of sulfonamides is 1. The summed E-state index contributed by atoms with van der Waals surface area (Å²) in [5, 5.41) is 17.3. The first-order valence-corrected chi connectivity index (χ1v) is 23.6. The number of likely N-dealkylation sites (tertiary alicyclic amines) is 1. The zero-order valence-electron chi connectivity index (χ0n) is 36.6. The summed E-state index contributed by atoms with van der Waals surface area (Å²) in [4.78, 5) is 55.8. The Balaban J connectivity index is 0.000000212. The van der Waals surface area contributed by atoms with Gasteiger partial charge in [-0.05, 0) is 113 Å². The van der Waals surface area contributed by atoms with Crippen LogP contribution in [-0.4, -0.2) is 138 Å². The molecule has 0 radical (unpaired) electrons. The highest BCUT2D eigenvalue weighted by molar-refractivity contribution is 7.88. The number of benzene rings is 3. The van der Waals surface area contributed by atoms with Crippen molar-refractivity contribution in [1.82, 2.24) is 39.6 Å². The first-order valence-electron chi connectivity index (χ1n) is 22.0. The van der Waals surface area contributed by atoms with Crippen molar-refractivity contribution in [2.24, 2.45) is 5.92 Å². The Labute approximate surface area is 368 Å². The number of nitrogens with zero attached hydrogens (tertiary/aromatic N) is 4. The molecule has 15 nitrogen and oxygen atoms in total. The van der Waals surface area contributed by atoms with Crippen LogP contribution in [0, 0.1) is 5.92 Å². The number of hydrogen-bond donors (Lipinski definition) is 5. The van der Waals surface area contributed by atoms with E-state index in [0.29, 0.717) is 32.4 Å². The van der Waals surface area contributed by atoms with E-state index < -0.39 is 39.7 Å². The van der Waals surface area contributed by atoms with Crippen molar-refractivity contribution < 1.29 is 32.6 Å². The van der Waals surface area contributed by atoms with Crippen molar-refractivity contribution in [3.63, 3.8) is 0 Å². The predicted molar refractivity (Wildman–Crippen MR) is 240 cm³/mol. The van der Waals surface area contributed by atoms with Crippen molar-refractivity contribution in [2.75, 3.05) is 47.8 Å². The number of rotatable bonds is 10. The molecule has 2 aromatic heterocycles. The summed E-state index contributed by atoms with van der Waals surface area (Å²) in [6.07, 6.45) is 8.07. The van der Waals surface area contributed by atoms with Gasteiger partial charge in [0.15, 0.2) is 0 Å². The molecule has 0 saturated carbocycles. The monoisotopic (exact) mass is 878 g/mol. The smallest absolute Gasteiger partial charge is 0.280 e. The van der Waals surface area contributed by atoms with E-state index in [-0.39, 0.29) is 41.9 Å². The van der Waals surface area contributed by atoms with Crippen molar-refractivity contribution in [1.29, 1.82) is 0 Å². The molecule has 4 fully saturated rings. The molecule has 16 heteroatoms. The second-order valence-electron chi connectivity index (χ2n) is 18.4. The van der Waals surface area contributed by atoms with E-state index in [1.54, 1.807) is 4.90 Å². The molecule has 5 N–H and O–H groups in total. The molecule has 0 unspecified atom stereocenters. The molecule has 1 aliphatic carbocycles. The molecule has 4 saturated heterocycles. The first-order chi connectivity index (χ1) is 30.1. The summed E-state index contributed by atoms with van der Waals surface area (Å²) in [6.45, 7) is 3.52. The van der Waals surface area contributed by atoms with Gasteiger partial charge >= 0.3 is 0 Å². The highest BCUT2D eigenvalue weighted by atomic mass is 32.2. The van der Waals surface area contributed by atoms with Crippen LogP contribution < -0.4 is 10.0 Å². The lowest BCUT2D eigenvalue weighted by Gasteiger charge is -2.48. The van der Waals surface area contributed by atoms with Gasteiger partial charge in [0.25, 0.3) is 11.8 Å². The normalized spacial score (nSPS) is 28.0. The molecule has 5 aromatic rings. The van der Waals surface area contributed by atoms with E-state index in [0.717, 1.165) is 46.9 Å². The number of nitrogens with one attached hydrogen (secondary N) is 4. The molecule has 5 aliphatic rings. The van der Waals surface area contributed by atoms with Crippen molar-refractivity contribution in [3.8, 4) is 0 Å². The third kappa shape index (κ3) is 7.84. The number of amides is 3. The van der Waals surface area contributed by atoms with Gasteiger partial charge in [-0.1, -0.05) is 48.5 Å². The lowest BCUT2D eigenvalue weighted by atomic mass is 9.72. The number of piperazine rings is 1. The molecule has 4 aliphatic heterocycles. The largest absolute Gasteiger partial charge is 0.361 e.